The number of imidazole rings is 1. The van der Waals surface area contributed by atoms with Crippen molar-refractivity contribution in [3.8, 4) is 11.1 Å². The van der Waals surface area contributed by atoms with Crippen LogP contribution in [0.1, 0.15) is 20.2 Å². The summed E-state index contributed by atoms with van der Waals surface area (Å²) in [7, 11) is 0. The fourth-order valence-corrected chi connectivity index (χ4v) is 4.14. The van der Waals surface area contributed by atoms with Crippen LogP contribution < -0.4 is 16.0 Å². The number of nitrogens with one attached hydrogen (secondary N) is 4. The Balaban J connectivity index is 1.25. The number of carbonyl (C=O) groups is 3. The number of thiophene rings is 1. The summed E-state index contributed by atoms with van der Waals surface area (Å²) in [4.78, 5) is 41.9. The zero-order valence-electron chi connectivity index (χ0n) is 18.2. The molecule has 5 rings (SSSR count). The van der Waals surface area contributed by atoms with Crippen molar-refractivity contribution in [3.63, 3.8) is 0 Å². The number of rotatable bonds is 7. The highest BCUT2D eigenvalue weighted by molar-refractivity contribution is 7.12. The molecule has 4 aromatic heterocycles. The molecule has 0 radical (unpaired) electrons. The largest absolute Gasteiger partial charge is 0.342 e. The quantitative estimate of drug-likeness (QED) is 0.280. The van der Waals surface area contributed by atoms with Crippen molar-refractivity contribution >= 4 is 46.1 Å². The number of H-pyrrole nitrogens is 1. The summed E-state index contributed by atoms with van der Waals surface area (Å²) in [6.45, 7) is -0.166. The van der Waals surface area contributed by atoms with Crippen molar-refractivity contribution < 1.29 is 14.4 Å². The molecule has 0 bridgehead atoms. The zero-order chi connectivity index (χ0) is 24.2. The van der Waals surface area contributed by atoms with Crippen LogP contribution in [0.3, 0.4) is 0 Å². The van der Waals surface area contributed by atoms with Crippen LogP contribution >= 0.6 is 11.3 Å². The third kappa shape index (κ3) is 4.80. The Morgan fingerprint density at radius 3 is 2.63 bits per heavy atom. The van der Waals surface area contributed by atoms with Crippen LogP contribution in [0.5, 0.6) is 0 Å². The van der Waals surface area contributed by atoms with Crippen LogP contribution in [0.15, 0.2) is 78.7 Å². The zero-order valence-corrected chi connectivity index (χ0v) is 19.0. The second kappa shape index (κ2) is 9.61. The van der Waals surface area contributed by atoms with Gasteiger partial charge < -0.3 is 20.4 Å². The number of carbonyl (C=O) groups excluding carboxylic acids is 3. The van der Waals surface area contributed by atoms with E-state index < -0.39 is 5.91 Å². The van der Waals surface area contributed by atoms with Crippen LogP contribution in [0, 0.1) is 0 Å². The average molecular weight is 486 g/mol. The first kappa shape index (κ1) is 22.0. The first-order chi connectivity index (χ1) is 17.1. The second-order valence-electron chi connectivity index (χ2n) is 7.49. The number of nitrogens with zero attached hydrogens (tertiary/aromatic N) is 3. The van der Waals surface area contributed by atoms with E-state index in [0.29, 0.717) is 21.9 Å². The van der Waals surface area contributed by atoms with Gasteiger partial charge in [-0.15, -0.1) is 11.3 Å². The Bertz CT molecular complexity index is 1510. The maximum Gasteiger partial charge on any atom is 0.277 e. The molecule has 0 aliphatic heterocycles. The van der Waals surface area contributed by atoms with E-state index in [9.17, 15) is 14.4 Å². The lowest BCUT2D eigenvalue weighted by Gasteiger charge is -2.08. The standard InChI is InChI=1S/C24H19N7O3S/c32-20(12-25-23(33)19-7-4-10-35-19)28-16-8-9-18-21(26-14-31(18)13-16)24(34)29-22-17(11-27-30-22)15-5-2-1-3-6-15/h1-11,13-14H,12H2,(H,25,33)(H,28,32)(H2,27,29,30,34). The summed E-state index contributed by atoms with van der Waals surface area (Å²) >= 11 is 1.30. The maximum absolute atomic E-state index is 12.9. The average Bonchev–Trinajstić information content (AvgIpc) is 3.64. The molecule has 11 heteroatoms. The lowest BCUT2D eigenvalue weighted by Crippen LogP contribution is -2.32. The lowest BCUT2D eigenvalue weighted by molar-refractivity contribution is -0.115. The van der Waals surface area contributed by atoms with Gasteiger partial charge in [0.25, 0.3) is 11.8 Å². The molecule has 35 heavy (non-hydrogen) atoms. The van der Waals surface area contributed by atoms with Crippen LogP contribution in [-0.4, -0.2) is 43.8 Å². The summed E-state index contributed by atoms with van der Waals surface area (Å²) in [5.74, 6) is -0.610. The Morgan fingerprint density at radius 1 is 0.971 bits per heavy atom. The van der Waals surface area contributed by atoms with Gasteiger partial charge in [0.1, 0.15) is 12.1 Å². The molecule has 3 amide bonds. The Labute approximate surface area is 203 Å². The van der Waals surface area contributed by atoms with Crippen molar-refractivity contribution in [3.05, 3.63) is 89.3 Å². The molecule has 0 unspecified atom stereocenters. The minimum atomic E-state index is -0.401. The molecule has 174 valence electrons. The second-order valence-corrected chi connectivity index (χ2v) is 8.44. The summed E-state index contributed by atoms with van der Waals surface area (Å²) < 4.78 is 1.64. The van der Waals surface area contributed by atoms with Gasteiger partial charge in [-0.25, -0.2) is 4.98 Å². The van der Waals surface area contributed by atoms with E-state index in [4.69, 9.17) is 0 Å². The Hall–Kier alpha value is -4.77. The van der Waals surface area contributed by atoms with E-state index in [1.807, 2.05) is 30.3 Å². The van der Waals surface area contributed by atoms with Gasteiger partial charge in [-0.3, -0.25) is 19.5 Å². The minimum absolute atomic E-state index is 0.166. The summed E-state index contributed by atoms with van der Waals surface area (Å²) in [5, 5.41) is 16.8. The number of aromatic amines is 1. The number of benzene rings is 1. The fourth-order valence-electron chi connectivity index (χ4n) is 3.50. The molecule has 4 heterocycles. The van der Waals surface area contributed by atoms with Gasteiger partial charge in [-0.2, -0.15) is 5.10 Å². The van der Waals surface area contributed by atoms with Crippen LogP contribution in [-0.2, 0) is 4.79 Å². The molecule has 0 saturated carbocycles. The predicted octanol–water partition coefficient (Wildman–Crippen LogP) is 3.41. The molecule has 0 spiro atoms. The van der Waals surface area contributed by atoms with Gasteiger partial charge in [-0.05, 0) is 29.1 Å². The summed E-state index contributed by atoms with van der Waals surface area (Å²) in [6, 6.07) is 16.4. The summed E-state index contributed by atoms with van der Waals surface area (Å²) in [6.07, 6.45) is 4.78. The molecular weight excluding hydrogens is 466 g/mol. The predicted molar refractivity (Wildman–Crippen MR) is 132 cm³/mol. The normalized spacial score (nSPS) is 10.7. The minimum Gasteiger partial charge on any atom is -0.342 e. The van der Waals surface area contributed by atoms with E-state index in [-0.39, 0.29) is 24.1 Å². The number of hydrogen-bond donors (Lipinski definition) is 4. The van der Waals surface area contributed by atoms with Crippen molar-refractivity contribution in [1.82, 2.24) is 24.9 Å². The molecule has 5 aromatic rings. The number of anilines is 2. The number of fused-ring (bicyclic) bond motifs is 1. The molecular formula is C24H19N7O3S. The third-order valence-electron chi connectivity index (χ3n) is 5.15. The van der Waals surface area contributed by atoms with E-state index in [2.05, 4.69) is 31.1 Å². The highest BCUT2D eigenvalue weighted by Crippen LogP contribution is 2.26. The Kier molecular flexibility index (Phi) is 6.05. The molecule has 0 aliphatic rings. The molecule has 4 N–H and O–H groups in total. The Morgan fingerprint density at radius 2 is 1.83 bits per heavy atom. The van der Waals surface area contributed by atoms with Crippen LogP contribution in [0.4, 0.5) is 11.5 Å². The number of amides is 3. The third-order valence-corrected chi connectivity index (χ3v) is 6.02. The maximum atomic E-state index is 12.9. The van der Waals surface area contributed by atoms with Gasteiger partial charge in [-0.1, -0.05) is 36.4 Å². The van der Waals surface area contributed by atoms with E-state index in [1.165, 1.54) is 17.7 Å². The van der Waals surface area contributed by atoms with Gasteiger partial charge >= 0.3 is 0 Å². The van der Waals surface area contributed by atoms with Crippen LogP contribution in [0.25, 0.3) is 16.6 Å². The van der Waals surface area contributed by atoms with Crippen LogP contribution in [0.2, 0.25) is 0 Å². The molecule has 0 fully saturated rings. The number of aromatic nitrogens is 4. The monoisotopic (exact) mass is 485 g/mol. The van der Waals surface area contributed by atoms with E-state index in [0.717, 1.165) is 11.1 Å². The van der Waals surface area contributed by atoms with Gasteiger partial charge in [0.05, 0.1) is 28.8 Å². The molecule has 0 saturated heterocycles. The van der Waals surface area contributed by atoms with Gasteiger partial charge in [0.2, 0.25) is 5.91 Å². The fraction of sp³-hybridized carbons (Fsp3) is 0.0417. The first-order valence-electron chi connectivity index (χ1n) is 10.6. The smallest absolute Gasteiger partial charge is 0.277 e. The summed E-state index contributed by atoms with van der Waals surface area (Å²) in [5.41, 5.74) is 2.96. The van der Waals surface area contributed by atoms with Gasteiger partial charge in [0.15, 0.2) is 5.69 Å². The van der Waals surface area contributed by atoms with Crippen molar-refractivity contribution in [2.45, 2.75) is 0 Å². The first-order valence-corrected chi connectivity index (χ1v) is 11.4. The van der Waals surface area contributed by atoms with Crippen molar-refractivity contribution in [2.24, 2.45) is 0 Å². The molecule has 0 atom stereocenters. The van der Waals surface area contributed by atoms with E-state index in [1.54, 1.807) is 46.4 Å². The van der Waals surface area contributed by atoms with E-state index >= 15 is 0 Å². The topological polar surface area (TPSA) is 133 Å². The highest BCUT2D eigenvalue weighted by atomic mass is 32.1. The van der Waals surface area contributed by atoms with Gasteiger partial charge in [0, 0.05) is 11.8 Å². The van der Waals surface area contributed by atoms with Crippen molar-refractivity contribution in [2.75, 3.05) is 17.2 Å². The molecule has 1 aromatic carbocycles. The molecule has 10 nitrogen and oxygen atoms in total. The number of hydrogen-bond acceptors (Lipinski definition) is 6. The SMILES string of the molecule is O=C(CNC(=O)c1cccs1)Nc1ccc2c(C(=O)Nc3[nH]ncc3-c3ccccc3)ncn2c1. The number of pyridine rings is 1. The highest BCUT2D eigenvalue weighted by Gasteiger charge is 2.17. The lowest BCUT2D eigenvalue weighted by atomic mass is 10.1. The molecule has 0 aliphatic carbocycles. The van der Waals surface area contributed by atoms with Crippen molar-refractivity contribution in [1.29, 1.82) is 0 Å².